The minimum atomic E-state index is -4.42. The van der Waals surface area contributed by atoms with Gasteiger partial charge in [0.2, 0.25) is 5.91 Å². The molecule has 0 aliphatic rings. The van der Waals surface area contributed by atoms with Crippen molar-refractivity contribution in [1.82, 2.24) is 4.90 Å². The number of carbonyl (C=O) groups is 1. The number of rotatable bonds is 4. The number of nitrogens with zero attached hydrogens (tertiary/aromatic N) is 1. The maximum absolute atomic E-state index is 12.0. The SMILES string of the molecule is C#CCC(N)C(=O)N(CC)CC(F)(F)F. The van der Waals surface area contributed by atoms with E-state index in [9.17, 15) is 18.0 Å². The van der Waals surface area contributed by atoms with E-state index in [1.807, 2.05) is 0 Å². The first-order chi connectivity index (χ1) is 6.81. The normalized spacial score (nSPS) is 13.1. The Morgan fingerprint density at radius 3 is 2.47 bits per heavy atom. The molecule has 0 heterocycles. The third kappa shape index (κ3) is 5.27. The van der Waals surface area contributed by atoms with E-state index >= 15 is 0 Å². The van der Waals surface area contributed by atoms with E-state index in [-0.39, 0.29) is 13.0 Å². The second-order valence-electron chi connectivity index (χ2n) is 2.98. The molecule has 0 spiro atoms. The summed E-state index contributed by atoms with van der Waals surface area (Å²) in [4.78, 5) is 12.0. The molecular weight excluding hydrogens is 209 g/mol. The number of likely N-dealkylation sites (N-methyl/N-ethyl adjacent to an activating group) is 1. The Morgan fingerprint density at radius 1 is 1.60 bits per heavy atom. The number of terminal acetylenes is 1. The second kappa shape index (κ2) is 5.61. The van der Waals surface area contributed by atoms with E-state index in [1.165, 1.54) is 6.92 Å². The summed E-state index contributed by atoms with van der Waals surface area (Å²) in [6.45, 7) is 0.115. The molecule has 0 fully saturated rings. The molecule has 0 saturated heterocycles. The average Bonchev–Trinajstić information content (AvgIpc) is 2.12. The van der Waals surface area contributed by atoms with Crippen LogP contribution in [0.2, 0.25) is 0 Å². The van der Waals surface area contributed by atoms with Gasteiger partial charge in [-0.1, -0.05) is 0 Å². The van der Waals surface area contributed by atoms with Crippen LogP contribution < -0.4 is 5.73 Å². The van der Waals surface area contributed by atoms with Crippen LogP contribution in [-0.2, 0) is 4.79 Å². The molecule has 2 N–H and O–H groups in total. The van der Waals surface area contributed by atoms with E-state index < -0.39 is 24.7 Å². The second-order valence-corrected chi connectivity index (χ2v) is 2.98. The van der Waals surface area contributed by atoms with Crippen LogP contribution in [0.1, 0.15) is 13.3 Å². The van der Waals surface area contributed by atoms with Crippen molar-refractivity contribution in [1.29, 1.82) is 0 Å². The molecule has 0 aliphatic heterocycles. The van der Waals surface area contributed by atoms with E-state index in [0.717, 1.165) is 0 Å². The van der Waals surface area contributed by atoms with Crippen molar-refractivity contribution < 1.29 is 18.0 Å². The Balaban J connectivity index is 4.42. The largest absolute Gasteiger partial charge is 0.406 e. The zero-order valence-corrected chi connectivity index (χ0v) is 8.34. The molecule has 1 amide bonds. The highest BCUT2D eigenvalue weighted by Gasteiger charge is 2.33. The van der Waals surface area contributed by atoms with Gasteiger partial charge < -0.3 is 10.6 Å². The third-order valence-electron chi connectivity index (χ3n) is 1.72. The summed E-state index contributed by atoms with van der Waals surface area (Å²) in [6, 6.07) is -1.06. The van der Waals surface area contributed by atoms with Crippen molar-refractivity contribution >= 4 is 5.91 Å². The smallest absolute Gasteiger partial charge is 0.332 e. The number of hydrogen-bond acceptors (Lipinski definition) is 2. The van der Waals surface area contributed by atoms with Gasteiger partial charge >= 0.3 is 6.18 Å². The van der Waals surface area contributed by atoms with Gasteiger partial charge in [0.25, 0.3) is 0 Å². The van der Waals surface area contributed by atoms with Gasteiger partial charge in [0.1, 0.15) is 6.54 Å². The molecule has 3 nitrogen and oxygen atoms in total. The molecule has 6 heteroatoms. The lowest BCUT2D eigenvalue weighted by atomic mass is 10.2. The van der Waals surface area contributed by atoms with Crippen molar-refractivity contribution in [3.8, 4) is 12.3 Å². The molecule has 0 aromatic rings. The number of carbonyl (C=O) groups excluding carboxylic acids is 1. The Morgan fingerprint density at radius 2 is 2.13 bits per heavy atom. The minimum absolute atomic E-state index is 0.0450. The summed E-state index contributed by atoms with van der Waals surface area (Å²) in [5.74, 6) is 1.37. The fraction of sp³-hybridized carbons (Fsp3) is 0.667. The highest BCUT2D eigenvalue weighted by molar-refractivity contribution is 5.82. The van der Waals surface area contributed by atoms with Gasteiger partial charge in [-0.05, 0) is 6.92 Å². The summed E-state index contributed by atoms with van der Waals surface area (Å²) in [5, 5.41) is 0. The molecule has 0 rings (SSSR count). The lowest BCUT2D eigenvalue weighted by Gasteiger charge is -2.24. The van der Waals surface area contributed by atoms with Gasteiger partial charge in [-0.25, -0.2) is 0 Å². The molecule has 1 atom stereocenters. The monoisotopic (exact) mass is 222 g/mol. The van der Waals surface area contributed by atoms with Crippen LogP contribution >= 0.6 is 0 Å². The van der Waals surface area contributed by atoms with Gasteiger partial charge in [-0.3, -0.25) is 4.79 Å². The quantitative estimate of drug-likeness (QED) is 0.713. The zero-order chi connectivity index (χ0) is 12.1. The predicted octanol–water partition coefficient (Wildman–Crippen LogP) is 0.748. The first kappa shape index (κ1) is 13.8. The van der Waals surface area contributed by atoms with Crippen LogP contribution in [0, 0.1) is 12.3 Å². The molecule has 0 radical (unpaired) electrons. The average molecular weight is 222 g/mol. The van der Waals surface area contributed by atoms with Crippen molar-refractivity contribution in [2.45, 2.75) is 25.6 Å². The first-order valence-electron chi connectivity index (χ1n) is 4.36. The topological polar surface area (TPSA) is 46.3 Å². The van der Waals surface area contributed by atoms with Crippen LogP contribution in [0.3, 0.4) is 0 Å². The molecule has 86 valence electrons. The summed E-state index contributed by atoms with van der Waals surface area (Å²) in [6.07, 6.45) is 0.436. The van der Waals surface area contributed by atoms with E-state index in [0.29, 0.717) is 4.90 Å². The van der Waals surface area contributed by atoms with Crippen LogP contribution in [0.25, 0.3) is 0 Å². The van der Waals surface area contributed by atoms with Gasteiger partial charge in [-0.15, -0.1) is 12.3 Å². The lowest BCUT2D eigenvalue weighted by Crippen LogP contribution is -2.47. The van der Waals surface area contributed by atoms with E-state index in [2.05, 4.69) is 5.92 Å². The molecule has 1 unspecified atom stereocenters. The van der Waals surface area contributed by atoms with Crippen molar-refractivity contribution in [2.75, 3.05) is 13.1 Å². The van der Waals surface area contributed by atoms with Crippen LogP contribution in [0.15, 0.2) is 0 Å². The Labute approximate surface area is 86.4 Å². The number of nitrogens with two attached hydrogens (primary N) is 1. The molecule has 0 saturated carbocycles. The third-order valence-corrected chi connectivity index (χ3v) is 1.72. The van der Waals surface area contributed by atoms with Gasteiger partial charge in [0, 0.05) is 13.0 Å². The van der Waals surface area contributed by atoms with Crippen molar-refractivity contribution in [3.63, 3.8) is 0 Å². The van der Waals surface area contributed by atoms with Crippen LogP contribution in [0.4, 0.5) is 13.2 Å². The minimum Gasteiger partial charge on any atom is -0.332 e. The standard InChI is InChI=1S/C9H13F3N2O/c1-3-5-7(13)8(15)14(4-2)6-9(10,11)12/h1,7H,4-6,13H2,2H3. The maximum atomic E-state index is 12.0. The van der Waals surface area contributed by atoms with Gasteiger partial charge in [0.15, 0.2) is 0 Å². The van der Waals surface area contributed by atoms with Gasteiger partial charge in [-0.2, -0.15) is 13.2 Å². The fourth-order valence-electron chi connectivity index (χ4n) is 1.01. The highest BCUT2D eigenvalue weighted by Crippen LogP contribution is 2.16. The lowest BCUT2D eigenvalue weighted by molar-refractivity contribution is -0.161. The molecule has 15 heavy (non-hydrogen) atoms. The number of alkyl halides is 3. The van der Waals surface area contributed by atoms with Crippen LogP contribution in [-0.4, -0.2) is 36.1 Å². The van der Waals surface area contributed by atoms with E-state index in [1.54, 1.807) is 0 Å². The summed E-state index contributed by atoms with van der Waals surface area (Å²) in [7, 11) is 0. The molecule has 0 aliphatic carbocycles. The molecular formula is C9H13F3N2O. The van der Waals surface area contributed by atoms with E-state index in [4.69, 9.17) is 12.2 Å². The molecule has 0 bridgehead atoms. The zero-order valence-electron chi connectivity index (χ0n) is 8.34. The summed E-state index contributed by atoms with van der Waals surface area (Å²) in [5.41, 5.74) is 5.32. The summed E-state index contributed by atoms with van der Waals surface area (Å²) >= 11 is 0. The van der Waals surface area contributed by atoms with Crippen molar-refractivity contribution in [3.05, 3.63) is 0 Å². The Hall–Kier alpha value is -1.22. The fourth-order valence-corrected chi connectivity index (χ4v) is 1.01. The number of halogens is 3. The predicted molar refractivity (Wildman–Crippen MR) is 49.7 cm³/mol. The number of amides is 1. The molecule has 0 aromatic heterocycles. The van der Waals surface area contributed by atoms with Gasteiger partial charge in [0.05, 0.1) is 6.04 Å². The van der Waals surface area contributed by atoms with Crippen LogP contribution in [0.5, 0.6) is 0 Å². The highest BCUT2D eigenvalue weighted by atomic mass is 19.4. The molecule has 0 aromatic carbocycles. The maximum Gasteiger partial charge on any atom is 0.406 e. The first-order valence-corrected chi connectivity index (χ1v) is 4.36. The Bertz CT molecular complexity index is 257. The van der Waals surface area contributed by atoms with Crippen molar-refractivity contribution in [2.24, 2.45) is 5.73 Å². The number of hydrogen-bond donors (Lipinski definition) is 1. The summed E-state index contributed by atoms with van der Waals surface area (Å²) < 4.78 is 36.1. The Kier molecular flexibility index (Phi) is 5.15.